The highest BCUT2D eigenvalue weighted by atomic mass is 32.2. The molecule has 1 atom stereocenters. The van der Waals surface area contributed by atoms with Gasteiger partial charge in [-0.3, -0.25) is 9.36 Å². The molecule has 9 nitrogen and oxygen atoms in total. The molecule has 114 valence electrons. The molecule has 1 aromatic heterocycles. The second-order valence-electron chi connectivity index (χ2n) is 4.25. The molecule has 0 amide bonds. The average Bonchev–Trinajstić information content (AvgIpc) is 2.70. The van der Waals surface area contributed by atoms with Gasteiger partial charge >= 0.3 is 11.7 Å². The number of hydrogen-bond acceptors (Lipinski definition) is 6. The molecule has 2 aromatic rings. The van der Waals surface area contributed by atoms with Crippen LogP contribution in [-0.2, 0) is 21.9 Å². The van der Waals surface area contributed by atoms with Crippen molar-refractivity contribution in [1.82, 2.24) is 9.29 Å². The van der Waals surface area contributed by atoms with Gasteiger partial charge in [0.1, 0.15) is 6.04 Å². The Labute approximate surface area is 118 Å². The normalized spacial score (nSPS) is 13.4. The van der Waals surface area contributed by atoms with Crippen LogP contribution in [0.4, 0.5) is 0 Å². The maximum Gasteiger partial charge on any atom is 0.419 e. The predicted molar refractivity (Wildman–Crippen MR) is 70.3 cm³/mol. The Hall–Kier alpha value is -2.17. The predicted octanol–water partition coefficient (Wildman–Crippen LogP) is -1.14. The van der Waals surface area contributed by atoms with E-state index in [2.05, 4.69) is 0 Å². The molecule has 0 saturated heterocycles. The summed E-state index contributed by atoms with van der Waals surface area (Å²) in [5.41, 5.74) is 0.456. The maximum atomic E-state index is 12.0. The molecule has 1 heterocycles. The number of carboxylic acids is 1. The Kier molecular flexibility index (Phi) is 3.85. The molecule has 0 radical (unpaired) electrons. The van der Waals surface area contributed by atoms with Crippen LogP contribution < -0.4 is 10.5 Å². The zero-order valence-corrected chi connectivity index (χ0v) is 11.6. The summed E-state index contributed by atoms with van der Waals surface area (Å²) in [6.07, 6.45) is 0. The molecule has 1 unspecified atom stereocenters. The Bertz CT molecular complexity index is 849. The lowest BCUT2D eigenvalue weighted by molar-refractivity contribution is -0.139. The number of nitrogens with zero attached hydrogens (tertiary/aromatic N) is 1. The van der Waals surface area contributed by atoms with Gasteiger partial charge in [-0.25, -0.2) is 13.2 Å². The monoisotopic (exact) mass is 316 g/mol. The SMILES string of the molecule is Cn1c(=O)oc2cc(S(=O)(=O)NC(CO)C(=O)O)ccc21. The number of fused-ring (bicyclic) bond motifs is 1. The van der Waals surface area contributed by atoms with E-state index in [0.29, 0.717) is 5.52 Å². The van der Waals surface area contributed by atoms with Gasteiger partial charge in [-0.1, -0.05) is 0 Å². The first-order valence-electron chi connectivity index (χ1n) is 5.72. The molecule has 21 heavy (non-hydrogen) atoms. The van der Waals surface area contributed by atoms with E-state index in [9.17, 15) is 18.0 Å². The summed E-state index contributed by atoms with van der Waals surface area (Å²) in [7, 11) is -2.71. The highest BCUT2D eigenvalue weighted by molar-refractivity contribution is 7.89. The highest BCUT2D eigenvalue weighted by Crippen LogP contribution is 2.18. The number of rotatable bonds is 5. The number of sulfonamides is 1. The molecular formula is C11H12N2O7S. The van der Waals surface area contributed by atoms with E-state index >= 15 is 0 Å². The highest BCUT2D eigenvalue weighted by Gasteiger charge is 2.25. The van der Waals surface area contributed by atoms with Crippen molar-refractivity contribution in [2.24, 2.45) is 7.05 Å². The first kappa shape index (κ1) is 15.2. The molecule has 1 aromatic carbocycles. The molecule has 0 aliphatic carbocycles. The first-order chi connectivity index (χ1) is 9.76. The number of nitrogens with one attached hydrogen (secondary N) is 1. The molecule has 3 N–H and O–H groups in total. The Morgan fingerprint density at radius 3 is 2.71 bits per heavy atom. The van der Waals surface area contributed by atoms with Crippen molar-refractivity contribution in [2.45, 2.75) is 10.9 Å². The van der Waals surface area contributed by atoms with Gasteiger partial charge in [-0.05, 0) is 12.1 Å². The second-order valence-corrected chi connectivity index (χ2v) is 5.97. The zero-order chi connectivity index (χ0) is 15.8. The Morgan fingerprint density at radius 2 is 2.14 bits per heavy atom. The number of aliphatic hydroxyl groups excluding tert-OH is 1. The number of carbonyl (C=O) groups is 1. The Balaban J connectivity index is 2.45. The van der Waals surface area contributed by atoms with Gasteiger partial charge in [-0.2, -0.15) is 4.72 Å². The number of aliphatic hydroxyl groups is 1. The minimum Gasteiger partial charge on any atom is -0.480 e. The number of aromatic nitrogens is 1. The van der Waals surface area contributed by atoms with E-state index in [0.717, 1.165) is 6.07 Å². The zero-order valence-electron chi connectivity index (χ0n) is 10.8. The smallest absolute Gasteiger partial charge is 0.419 e. The van der Waals surface area contributed by atoms with Crippen molar-refractivity contribution in [3.05, 3.63) is 28.7 Å². The van der Waals surface area contributed by atoms with Gasteiger partial charge in [0.15, 0.2) is 5.58 Å². The molecule has 2 rings (SSSR count). The van der Waals surface area contributed by atoms with E-state index < -0.39 is 34.4 Å². The van der Waals surface area contributed by atoms with Crippen LogP contribution >= 0.6 is 0 Å². The van der Waals surface area contributed by atoms with Gasteiger partial charge in [0.2, 0.25) is 10.0 Å². The molecule has 0 bridgehead atoms. The molecule has 0 aliphatic rings. The van der Waals surface area contributed by atoms with Crippen LogP contribution in [0.2, 0.25) is 0 Å². The van der Waals surface area contributed by atoms with Gasteiger partial charge in [0.05, 0.1) is 17.0 Å². The minimum atomic E-state index is -4.17. The van der Waals surface area contributed by atoms with E-state index in [4.69, 9.17) is 14.6 Å². The molecule has 0 spiro atoms. The van der Waals surface area contributed by atoms with Crippen LogP contribution in [-0.4, -0.2) is 41.8 Å². The van der Waals surface area contributed by atoms with Crippen molar-refractivity contribution in [3.63, 3.8) is 0 Å². The lowest BCUT2D eigenvalue weighted by Gasteiger charge is -2.12. The number of carboxylic acid groups (broad SMARTS) is 1. The van der Waals surface area contributed by atoms with Gasteiger partial charge < -0.3 is 14.6 Å². The molecule has 10 heteroatoms. The van der Waals surface area contributed by atoms with Gasteiger partial charge in [0.25, 0.3) is 0 Å². The summed E-state index contributed by atoms with van der Waals surface area (Å²) < 4.78 is 32.0. The van der Waals surface area contributed by atoms with Crippen molar-refractivity contribution < 1.29 is 27.8 Å². The number of aryl methyl sites for hydroxylation is 1. The van der Waals surface area contributed by atoms with Crippen LogP contribution in [0.25, 0.3) is 11.1 Å². The van der Waals surface area contributed by atoms with Crippen LogP contribution in [0.3, 0.4) is 0 Å². The molecule has 0 aliphatic heterocycles. The van der Waals surface area contributed by atoms with E-state index in [1.165, 1.54) is 23.7 Å². The topological polar surface area (TPSA) is 139 Å². The van der Waals surface area contributed by atoms with Crippen LogP contribution in [0, 0.1) is 0 Å². The quantitative estimate of drug-likeness (QED) is 0.633. The maximum absolute atomic E-state index is 12.0. The van der Waals surface area contributed by atoms with Crippen molar-refractivity contribution in [3.8, 4) is 0 Å². The largest absolute Gasteiger partial charge is 0.480 e. The van der Waals surface area contributed by atoms with E-state index in [-0.39, 0.29) is 10.5 Å². The average molecular weight is 316 g/mol. The number of benzene rings is 1. The lowest BCUT2D eigenvalue weighted by Crippen LogP contribution is -2.43. The van der Waals surface area contributed by atoms with Crippen LogP contribution in [0.1, 0.15) is 0 Å². The van der Waals surface area contributed by atoms with Crippen molar-refractivity contribution in [2.75, 3.05) is 6.61 Å². The van der Waals surface area contributed by atoms with Crippen LogP contribution in [0.5, 0.6) is 0 Å². The van der Waals surface area contributed by atoms with Gasteiger partial charge in [0, 0.05) is 13.1 Å². The fourth-order valence-corrected chi connectivity index (χ4v) is 2.90. The summed E-state index contributed by atoms with van der Waals surface area (Å²) in [4.78, 5) is 21.8. The van der Waals surface area contributed by atoms with E-state index in [1.807, 2.05) is 4.72 Å². The fraction of sp³-hybridized carbons (Fsp3) is 0.273. The summed E-state index contributed by atoms with van der Waals surface area (Å²) in [5, 5.41) is 17.6. The summed E-state index contributed by atoms with van der Waals surface area (Å²) in [6, 6.07) is 2.02. The minimum absolute atomic E-state index is 0.0567. The number of aliphatic carboxylic acids is 1. The number of oxazole rings is 1. The first-order valence-corrected chi connectivity index (χ1v) is 7.20. The van der Waals surface area contributed by atoms with Crippen molar-refractivity contribution in [1.29, 1.82) is 0 Å². The lowest BCUT2D eigenvalue weighted by atomic mass is 10.3. The van der Waals surface area contributed by atoms with Crippen molar-refractivity contribution >= 4 is 27.1 Å². The number of hydrogen-bond donors (Lipinski definition) is 3. The third kappa shape index (κ3) is 2.82. The molecule has 0 fully saturated rings. The van der Waals surface area contributed by atoms with Crippen LogP contribution in [0.15, 0.2) is 32.3 Å². The van der Waals surface area contributed by atoms with E-state index in [1.54, 1.807) is 0 Å². The standard InChI is InChI=1S/C11H12N2O7S/c1-13-8-3-2-6(4-9(8)20-11(13)17)21(18,19)12-7(5-14)10(15)16/h2-4,7,12,14H,5H2,1H3,(H,15,16). The third-order valence-corrected chi connectivity index (χ3v) is 4.32. The third-order valence-electron chi connectivity index (χ3n) is 2.85. The summed E-state index contributed by atoms with van der Waals surface area (Å²) >= 11 is 0. The molecular weight excluding hydrogens is 304 g/mol. The molecule has 0 saturated carbocycles. The summed E-state index contributed by atoms with van der Waals surface area (Å²) in [6.45, 7) is -0.892. The fourth-order valence-electron chi connectivity index (χ4n) is 1.70. The second kappa shape index (κ2) is 5.31. The van der Waals surface area contributed by atoms with Gasteiger partial charge in [-0.15, -0.1) is 0 Å². The summed E-state index contributed by atoms with van der Waals surface area (Å²) in [5.74, 6) is -2.15. The Morgan fingerprint density at radius 1 is 1.48 bits per heavy atom.